The van der Waals surface area contributed by atoms with Crippen LogP contribution in [0.4, 0.5) is 0 Å². The highest BCUT2D eigenvalue weighted by molar-refractivity contribution is 5.01. The standard InChI is InChI=1S/C11H18O5/c1-10-5-9(13)8-4-7(12)2-3-11(8,6-14-10)16-15-10/h7-9,12-13H,2-6H2,1H3/t7-,8-,9-,10-,11-/m0/s1. The van der Waals surface area contributed by atoms with Crippen LogP contribution >= 0.6 is 0 Å². The minimum atomic E-state index is -0.840. The lowest BCUT2D eigenvalue weighted by atomic mass is 9.71. The Morgan fingerprint density at radius 2 is 2.06 bits per heavy atom. The van der Waals surface area contributed by atoms with E-state index in [4.69, 9.17) is 14.5 Å². The number of aliphatic hydroxyl groups is 2. The van der Waals surface area contributed by atoms with Crippen molar-refractivity contribution < 1.29 is 24.7 Å². The van der Waals surface area contributed by atoms with Gasteiger partial charge in [-0.2, -0.15) is 0 Å². The first kappa shape index (κ1) is 10.9. The summed E-state index contributed by atoms with van der Waals surface area (Å²) in [6.07, 6.45) is 1.41. The number of hydrogen-bond acceptors (Lipinski definition) is 5. The predicted molar refractivity (Wildman–Crippen MR) is 53.2 cm³/mol. The van der Waals surface area contributed by atoms with E-state index in [2.05, 4.69) is 0 Å². The summed E-state index contributed by atoms with van der Waals surface area (Å²) in [6.45, 7) is 2.22. The molecule has 0 aromatic carbocycles. The molecule has 2 N–H and O–H groups in total. The first-order valence-corrected chi connectivity index (χ1v) is 5.90. The summed E-state index contributed by atoms with van der Waals surface area (Å²) in [4.78, 5) is 10.8. The van der Waals surface area contributed by atoms with Crippen molar-refractivity contribution in [2.24, 2.45) is 5.92 Å². The zero-order valence-corrected chi connectivity index (χ0v) is 9.39. The fraction of sp³-hybridized carbons (Fsp3) is 1.00. The molecule has 1 saturated carbocycles. The minimum Gasteiger partial charge on any atom is -0.393 e. The first-order chi connectivity index (χ1) is 7.53. The predicted octanol–water partition coefficient (Wildman–Crippen LogP) is 0.345. The Labute approximate surface area is 94.2 Å². The second-order valence-corrected chi connectivity index (χ2v) is 5.46. The van der Waals surface area contributed by atoms with Crippen molar-refractivity contribution in [3.8, 4) is 0 Å². The lowest BCUT2D eigenvalue weighted by Crippen LogP contribution is -2.55. The van der Waals surface area contributed by atoms with Gasteiger partial charge in [0.05, 0.1) is 18.8 Å². The molecule has 2 bridgehead atoms. The van der Waals surface area contributed by atoms with Gasteiger partial charge in [0.15, 0.2) is 0 Å². The Hall–Kier alpha value is -0.200. The largest absolute Gasteiger partial charge is 0.393 e. The fourth-order valence-electron chi connectivity index (χ4n) is 3.12. The van der Waals surface area contributed by atoms with Crippen molar-refractivity contribution in [3.63, 3.8) is 0 Å². The van der Waals surface area contributed by atoms with Gasteiger partial charge in [-0.25, -0.2) is 9.78 Å². The highest BCUT2D eigenvalue weighted by Crippen LogP contribution is 2.48. The van der Waals surface area contributed by atoms with Gasteiger partial charge in [0.1, 0.15) is 5.60 Å². The van der Waals surface area contributed by atoms with Crippen LogP contribution < -0.4 is 0 Å². The molecule has 92 valence electrons. The summed E-state index contributed by atoms with van der Waals surface area (Å²) in [5.41, 5.74) is -0.561. The summed E-state index contributed by atoms with van der Waals surface area (Å²) in [6, 6.07) is 0. The SMILES string of the molecule is C[C@]12C[C@H](O)[C@@H]3C[C@@H](O)CC[C@@]3(CO1)OO2. The van der Waals surface area contributed by atoms with Gasteiger partial charge in [-0.05, 0) is 26.2 Å². The molecule has 0 radical (unpaired) electrons. The van der Waals surface area contributed by atoms with Crippen LogP contribution in [0.1, 0.15) is 32.6 Å². The van der Waals surface area contributed by atoms with Crippen molar-refractivity contribution in [1.29, 1.82) is 0 Å². The Kier molecular flexibility index (Phi) is 2.32. The zero-order valence-electron chi connectivity index (χ0n) is 9.39. The molecule has 5 nitrogen and oxygen atoms in total. The molecule has 0 aromatic heterocycles. The molecular weight excluding hydrogens is 212 g/mol. The Balaban J connectivity index is 1.93. The molecule has 16 heavy (non-hydrogen) atoms. The maximum Gasteiger partial charge on any atom is 0.201 e. The molecule has 4 fully saturated rings. The van der Waals surface area contributed by atoms with Crippen LogP contribution in [-0.4, -0.2) is 40.4 Å². The van der Waals surface area contributed by atoms with Gasteiger partial charge in [-0.1, -0.05) is 0 Å². The number of hydrogen-bond donors (Lipinski definition) is 2. The molecule has 4 aliphatic rings. The molecule has 3 saturated heterocycles. The Morgan fingerprint density at radius 3 is 2.75 bits per heavy atom. The number of aliphatic hydroxyl groups excluding tert-OH is 2. The van der Waals surface area contributed by atoms with Gasteiger partial charge < -0.3 is 14.9 Å². The topological polar surface area (TPSA) is 68.2 Å². The number of ether oxygens (including phenoxy) is 1. The highest BCUT2D eigenvalue weighted by Gasteiger charge is 2.58. The molecule has 1 spiro atoms. The molecule has 0 aromatic rings. The molecule has 5 atom stereocenters. The molecule has 0 amide bonds. The average Bonchev–Trinajstić information content (AvgIpc) is 2.42. The average molecular weight is 230 g/mol. The zero-order chi connectivity index (χ0) is 11.4. The third kappa shape index (κ3) is 1.50. The van der Waals surface area contributed by atoms with Crippen molar-refractivity contribution in [1.82, 2.24) is 0 Å². The third-order valence-electron chi connectivity index (χ3n) is 4.15. The van der Waals surface area contributed by atoms with Crippen molar-refractivity contribution in [2.75, 3.05) is 6.61 Å². The molecule has 3 aliphatic heterocycles. The van der Waals surface area contributed by atoms with E-state index in [0.717, 1.165) is 0 Å². The van der Waals surface area contributed by atoms with Crippen LogP contribution in [0.25, 0.3) is 0 Å². The van der Waals surface area contributed by atoms with E-state index in [1.807, 2.05) is 0 Å². The Bertz CT molecular complexity index is 284. The van der Waals surface area contributed by atoms with Crippen molar-refractivity contribution in [2.45, 2.75) is 56.2 Å². The van der Waals surface area contributed by atoms with Crippen molar-refractivity contribution in [3.05, 3.63) is 0 Å². The number of rotatable bonds is 0. The minimum absolute atomic E-state index is 0.0967. The molecule has 0 unspecified atom stereocenters. The van der Waals surface area contributed by atoms with E-state index < -0.39 is 17.5 Å². The molecule has 3 heterocycles. The quantitative estimate of drug-likeness (QED) is 0.587. The fourth-order valence-corrected chi connectivity index (χ4v) is 3.12. The summed E-state index contributed by atoms with van der Waals surface area (Å²) in [5, 5.41) is 19.9. The third-order valence-corrected chi connectivity index (χ3v) is 4.15. The second-order valence-electron chi connectivity index (χ2n) is 5.46. The lowest BCUT2D eigenvalue weighted by molar-refractivity contribution is -0.508. The first-order valence-electron chi connectivity index (χ1n) is 5.90. The smallest absolute Gasteiger partial charge is 0.201 e. The van der Waals surface area contributed by atoms with Crippen LogP contribution in [0.5, 0.6) is 0 Å². The van der Waals surface area contributed by atoms with E-state index >= 15 is 0 Å². The van der Waals surface area contributed by atoms with E-state index in [-0.39, 0.29) is 12.0 Å². The summed E-state index contributed by atoms with van der Waals surface area (Å²) >= 11 is 0. The van der Waals surface area contributed by atoms with Gasteiger partial charge in [0, 0.05) is 12.3 Å². The lowest BCUT2D eigenvalue weighted by Gasteiger charge is -2.45. The maximum atomic E-state index is 10.2. The van der Waals surface area contributed by atoms with Crippen LogP contribution in [0, 0.1) is 5.92 Å². The molecular formula is C11H18O5. The molecule has 1 aliphatic carbocycles. The van der Waals surface area contributed by atoms with Crippen LogP contribution in [-0.2, 0) is 14.5 Å². The maximum absolute atomic E-state index is 10.2. The summed E-state index contributed by atoms with van der Waals surface area (Å²) in [7, 11) is 0. The molecule has 4 rings (SSSR count). The van der Waals surface area contributed by atoms with E-state index in [1.54, 1.807) is 6.92 Å². The van der Waals surface area contributed by atoms with E-state index in [1.165, 1.54) is 0 Å². The number of fused-ring (bicyclic) bond motifs is 3. The highest BCUT2D eigenvalue weighted by atomic mass is 17.2. The van der Waals surface area contributed by atoms with Crippen molar-refractivity contribution >= 4 is 0 Å². The Morgan fingerprint density at radius 1 is 1.25 bits per heavy atom. The second kappa shape index (κ2) is 3.40. The van der Waals surface area contributed by atoms with Gasteiger partial charge in [0.2, 0.25) is 5.79 Å². The van der Waals surface area contributed by atoms with Crippen LogP contribution in [0.15, 0.2) is 0 Å². The molecule has 5 heteroatoms. The van der Waals surface area contributed by atoms with Crippen LogP contribution in [0.2, 0.25) is 0 Å². The van der Waals surface area contributed by atoms with E-state index in [0.29, 0.717) is 32.3 Å². The van der Waals surface area contributed by atoms with E-state index in [9.17, 15) is 10.2 Å². The normalized spacial score (nSPS) is 56.8. The van der Waals surface area contributed by atoms with Gasteiger partial charge >= 0.3 is 0 Å². The van der Waals surface area contributed by atoms with Gasteiger partial charge in [0.25, 0.3) is 0 Å². The summed E-state index contributed by atoms with van der Waals surface area (Å²) < 4.78 is 5.67. The van der Waals surface area contributed by atoms with Gasteiger partial charge in [-0.15, -0.1) is 0 Å². The van der Waals surface area contributed by atoms with Gasteiger partial charge in [-0.3, -0.25) is 0 Å². The monoisotopic (exact) mass is 230 g/mol. The van der Waals surface area contributed by atoms with Crippen LogP contribution in [0.3, 0.4) is 0 Å². The summed E-state index contributed by atoms with van der Waals surface area (Å²) in [5.74, 6) is -0.937.